The van der Waals surface area contributed by atoms with Gasteiger partial charge in [-0.2, -0.15) is 5.10 Å². The summed E-state index contributed by atoms with van der Waals surface area (Å²) in [5.41, 5.74) is 1.98. The number of ether oxygens (including phenoxy) is 2. The van der Waals surface area contributed by atoms with E-state index >= 15 is 0 Å². The Bertz CT molecular complexity index is 534. The van der Waals surface area contributed by atoms with E-state index in [1.807, 2.05) is 32.7 Å². The zero-order valence-corrected chi connectivity index (χ0v) is 14.8. The predicted octanol–water partition coefficient (Wildman–Crippen LogP) is 0.853. The molecule has 2 heterocycles. The highest BCUT2D eigenvalue weighted by atomic mass is 16.5. The van der Waals surface area contributed by atoms with E-state index in [-0.39, 0.29) is 18.1 Å². The number of methoxy groups -OCH3 is 1. The summed E-state index contributed by atoms with van der Waals surface area (Å²) in [7, 11) is 3.50. The summed E-state index contributed by atoms with van der Waals surface area (Å²) >= 11 is 0. The molecule has 0 aromatic carbocycles. The Morgan fingerprint density at radius 3 is 2.65 bits per heavy atom. The van der Waals surface area contributed by atoms with Crippen molar-refractivity contribution < 1.29 is 14.3 Å². The molecule has 130 valence electrons. The monoisotopic (exact) mass is 324 g/mol. The van der Waals surface area contributed by atoms with Gasteiger partial charge in [-0.15, -0.1) is 0 Å². The second-order valence-electron chi connectivity index (χ2n) is 6.18. The summed E-state index contributed by atoms with van der Waals surface area (Å²) in [6, 6.07) is 0. The molecule has 7 nitrogen and oxygen atoms in total. The quantitative estimate of drug-likeness (QED) is 0.786. The molecule has 1 N–H and O–H groups in total. The maximum absolute atomic E-state index is 12.3. The van der Waals surface area contributed by atoms with Crippen LogP contribution in [0.4, 0.5) is 0 Å². The Morgan fingerprint density at radius 2 is 2.04 bits per heavy atom. The summed E-state index contributed by atoms with van der Waals surface area (Å²) in [4.78, 5) is 14.2. The van der Waals surface area contributed by atoms with Crippen LogP contribution >= 0.6 is 0 Å². The third kappa shape index (κ3) is 4.45. The number of aromatic nitrogens is 2. The fourth-order valence-corrected chi connectivity index (χ4v) is 3.09. The topological polar surface area (TPSA) is 68.6 Å². The third-order valence-corrected chi connectivity index (χ3v) is 4.07. The largest absolute Gasteiger partial charge is 0.481 e. The highest BCUT2D eigenvalue weighted by Crippen LogP contribution is 2.20. The number of nitrogens with one attached hydrogen (secondary N) is 1. The first kappa shape index (κ1) is 17.7. The van der Waals surface area contributed by atoms with E-state index < -0.39 is 0 Å². The SMILES string of the molecule is COc1c(CNCCC(=O)N2CC(C)OC(C)C2)c(C)nn1C. The van der Waals surface area contributed by atoms with E-state index in [2.05, 4.69) is 10.4 Å². The van der Waals surface area contributed by atoms with E-state index in [9.17, 15) is 4.79 Å². The van der Waals surface area contributed by atoms with Crippen LogP contribution in [-0.4, -0.2) is 59.5 Å². The van der Waals surface area contributed by atoms with Gasteiger partial charge in [0.25, 0.3) is 0 Å². The van der Waals surface area contributed by atoms with E-state index in [4.69, 9.17) is 9.47 Å². The normalized spacial score (nSPS) is 21.5. The van der Waals surface area contributed by atoms with Crippen LogP contribution in [0.5, 0.6) is 5.88 Å². The second kappa shape index (κ2) is 7.79. The third-order valence-electron chi connectivity index (χ3n) is 4.07. The smallest absolute Gasteiger partial charge is 0.224 e. The molecule has 2 atom stereocenters. The van der Waals surface area contributed by atoms with Gasteiger partial charge in [-0.3, -0.25) is 4.79 Å². The zero-order chi connectivity index (χ0) is 17.0. The molecule has 2 rings (SSSR count). The van der Waals surface area contributed by atoms with Gasteiger partial charge in [0.15, 0.2) is 0 Å². The van der Waals surface area contributed by atoms with Crippen LogP contribution in [0.15, 0.2) is 0 Å². The minimum Gasteiger partial charge on any atom is -0.481 e. The van der Waals surface area contributed by atoms with Gasteiger partial charge in [0.05, 0.1) is 30.6 Å². The second-order valence-corrected chi connectivity index (χ2v) is 6.18. The number of nitrogens with zero attached hydrogens (tertiary/aromatic N) is 3. The molecule has 1 amide bonds. The minimum atomic E-state index is 0.109. The average molecular weight is 324 g/mol. The van der Waals surface area contributed by atoms with Crippen molar-refractivity contribution in [3.63, 3.8) is 0 Å². The van der Waals surface area contributed by atoms with Crippen molar-refractivity contribution in [1.82, 2.24) is 20.0 Å². The number of carbonyl (C=O) groups excluding carboxylic acids is 1. The van der Waals surface area contributed by atoms with Crippen molar-refractivity contribution in [1.29, 1.82) is 0 Å². The molecule has 0 saturated carbocycles. The van der Waals surface area contributed by atoms with Crippen molar-refractivity contribution in [2.45, 2.75) is 45.9 Å². The van der Waals surface area contributed by atoms with Gasteiger partial charge in [0, 0.05) is 39.6 Å². The van der Waals surface area contributed by atoms with Crippen molar-refractivity contribution in [2.24, 2.45) is 7.05 Å². The molecule has 1 aromatic heterocycles. The van der Waals surface area contributed by atoms with Crippen LogP contribution in [0.1, 0.15) is 31.5 Å². The number of carbonyl (C=O) groups is 1. The average Bonchev–Trinajstić information content (AvgIpc) is 2.75. The van der Waals surface area contributed by atoms with Gasteiger partial charge >= 0.3 is 0 Å². The molecule has 1 saturated heterocycles. The standard InChI is InChI=1S/C16H28N4O3/c1-11-9-20(10-12(2)23-11)15(21)6-7-17-8-14-13(3)18-19(4)16(14)22-5/h11-12,17H,6-10H2,1-5H3. The van der Waals surface area contributed by atoms with Gasteiger partial charge in [-0.25, -0.2) is 4.68 Å². The molecule has 23 heavy (non-hydrogen) atoms. The summed E-state index contributed by atoms with van der Waals surface area (Å²) in [6.45, 7) is 8.61. The number of hydrogen-bond acceptors (Lipinski definition) is 5. The molecular weight excluding hydrogens is 296 g/mol. The predicted molar refractivity (Wildman–Crippen MR) is 87.4 cm³/mol. The highest BCUT2D eigenvalue weighted by molar-refractivity contribution is 5.76. The molecule has 0 radical (unpaired) electrons. The number of rotatable bonds is 6. The fraction of sp³-hybridized carbons (Fsp3) is 0.750. The van der Waals surface area contributed by atoms with E-state index in [0.717, 1.165) is 17.1 Å². The maximum Gasteiger partial charge on any atom is 0.224 e. The van der Waals surface area contributed by atoms with Gasteiger partial charge in [0.1, 0.15) is 0 Å². The first-order valence-corrected chi connectivity index (χ1v) is 8.12. The molecular formula is C16H28N4O3. The lowest BCUT2D eigenvalue weighted by molar-refractivity contribution is -0.143. The molecule has 0 aliphatic carbocycles. The van der Waals surface area contributed by atoms with Crippen molar-refractivity contribution in [3.8, 4) is 5.88 Å². The summed E-state index contributed by atoms with van der Waals surface area (Å²) in [5.74, 6) is 0.937. The van der Waals surface area contributed by atoms with Crippen molar-refractivity contribution in [3.05, 3.63) is 11.3 Å². The van der Waals surface area contributed by atoms with Crippen LogP contribution in [0.25, 0.3) is 0 Å². The van der Waals surface area contributed by atoms with Gasteiger partial charge < -0.3 is 19.7 Å². The van der Waals surface area contributed by atoms with Crippen molar-refractivity contribution in [2.75, 3.05) is 26.7 Å². The Balaban J connectivity index is 1.78. The van der Waals surface area contributed by atoms with E-state index in [1.54, 1.807) is 11.8 Å². The van der Waals surface area contributed by atoms with Crippen LogP contribution < -0.4 is 10.1 Å². The fourth-order valence-electron chi connectivity index (χ4n) is 3.09. The van der Waals surface area contributed by atoms with Crippen LogP contribution in [0, 0.1) is 6.92 Å². The zero-order valence-electron chi connectivity index (χ0n) is 14.8. The Labute approximate surface area is 137 Å². The molecule has 1 aromatic rings. The molecule has 2 unspecified atom stereocenters. The number of morpholine rings is 1. The van der Waals surface area contributed by atoms with Crippen molar-refractivity contribution >= 4 is 5.91 Å². The Kier molecular flexibility index (Phi) is 6.01. The van der Waals surface area contributed by atoms with Gasteiger partial charge in [-0.05, 0) is 20.8 Å². The van der Waals surface area contributed by atoms with E-state index in [1.165, 1.54) is 0 Å². The van der Waals surface area contributed by atoms with Gasteiger partial charge in [-0.1, -0.05) is 0 Å². The summed E-state index contributed by atoms with van der Waals surface area (Å²) < 4.78 is 12.8. The highest BCUT2D eigenvalue weighted by Gasteiger charge is 2.25. The number of aryl methyl sites for hydroxylation is 2. The maximum atomic E-state index is 12.3. The molecule has 0 spiro atoms. The van der Waals surface area contributed by atoms with Crippen LogP contribution in [0.2, 0.25) is 0 Å². The number of hydrogen-bond donors (Lipinski definition) is 1. The summed E-state index contributed by atoms with van der Waals surface area (Å²) in [5, 5.41) is 7.66. The molecule has 1 aliphatic heterocycles. The Morgan fingerprint density at radius 1 is 1.39 bits per heavy atom. The lowest BCUT2D eigenvalue weighted by Crippen LogP contribution is -2.48. The summed E-state index contributed by atoms with van der Waals surface area (Å²) in [6.07, 6.45) is 0.706. The lowest BCUT2D eigenvalue weighted by atomic mass is 10.2. The minimum absolute atomic E-state index is 0.109. The first-order chi connectivity index (χ1) is 10.9. The molecule has 0 bridgehead atoms. The van der Waals surface area contributed by atoms with Gasteiger partial charge in [0.2, 0.25) is 11.8 Å². The Hall–Kier alpha value is -1.60. The van der Waals surface area contributed by atoms with Crippen LogP contribution in [-0.2, 0) is 23.1 Å². The van der Waals surface area contributed by atoms with E-state index in [0.29, 0.717) is 32.6 Å². The molecule has 1 fully saturated rings. The first-order valence-electron chi connectivity index (χ1n) is 8.12. The number of amides is 1. The molecule has 7 heteroatoms. The lowest BCUT2D eigenvalue weighted by Gasteiger charge is -2.35. The van der Waals surface area contributed by atoms with Crippen LogP contribution in [0.3, 0.4) is 0 Å². The molecule has 1 aliphatic rings.